The van der Waals surface area contributed by atoms with Crippen molar-refractivity contribution < 1.29 is 0 Å². The fourth-order valence-corrected chi connectivity index (χ4v) is 4.03. The molecular formula is C15H18N4S. The molecule has 0 saturated carbocycles. The molecule has 1 fully saturated rings. The van der Waals surface area contributed by atoms with Gasteiger partial charge in [-0.05, 0) is 42.7 Å². The van der Waals surface area contributed by atoms with Crippen molar-refractivity contribution in [1.82, 2.24) is 9.97 Å². The molecule has 2 N–H and O–H groups in total. The van der Waals surface area contributed by atoms with Crippen LogP contribution in [0.2, 0.25) is 0 Å². The highest BCUT2D eigenvalue weighted by Crippen LogP contribution is 2.35. The lowest BCUT2D eigenvalue weighted by Crippen LogP contribution is -2.43. The molecule has 4 rings (SSSR count). The van der Waals surface area contributed by atoms with Crippen molar-refractivity contribution in [1.29, 1.82) is 0 Å². The lowest BCUT2D eigenvalue weighted by molar-refractivity contribution is 0.499. The maximum absolute atomic E-state index is 6.06. The van der Waals surface area contributed by atoms with Gasteiger partial charge in [-0.3, -0.25) is 0 Å². The molecule has 1 atom stereocenters. The summed E-state index contributed by atoms with van der Waals surface area (Å²) in [6, 6.07) is 2.44. The first-order valence-corrected chi connectivity index (χ1v) is 8.12. The van der Waals surface area contributed by atoms with Crippen molar-refractivity contribution in [3.8, 4) is 11.3 Å². The zero-order chi connectivity index (χ0) is 13.5. The number of thiophene rings is 1. The van der Waals surface area contributed by atoms with E-state index < -0.39 is 0 Å². The summed E-state index contributed by atoms with van der Waals surface area (Å²) in [5.74, 6) is 0.845. The molecule has 2 aromatic heterocycles. The Bertz CT molecular complexity index is 637. The van der Waals surface area contributed by atoms with E-state index in [2.05, 4.69) is 21.3 Å². The number of nitrogens with zero attached hydrogens (tertiary/aromatic N) is 3. The number of hydrogen-bond acceptors (Lipinski definition) is 5. The topological polar surface area (TPSA) is 55.0 Å². The average Bonchev–Trinajstić information content (AvgIpc) is 2.95. The predicted octanol–water partition coefficient (Wildman–Crippen LogP) is 2.23. The van der Waals surface area contributed by atoms with E-state index in [0.29, 0.717) is 0 Å². The van der Waals surface area contributed by atoms with Gasteiger partial charge in [-0.15, -0.1) is 11.3 Å². The molecule has 0 radical (unpaired) electrons. The normalized spacial score (nSPS) is 21.4. The van der Waals surface area contributed by atoms with Gasteiger partial charge in [0.2, 0.25) is 5.95 Å². The van der Waals surface area contributed by atoms with Crippen LogP contribution in [0.4, 0.5) is 5.95 Å². The maximum Gasteiger partial charge on any atom is 0.225 e. The van der Waals surface area contributed by atoms with Gasteiger partial charge in [-0.1, -0.05) is 0 Å². The molecule has 0 bridgehead atoms. The number of nitrogens with two attached hydrogens (primary N) is 1. The molecule has 1 aliphatic carbocycles. The molecule has 0 amide bonds. The summed E-state index contributed by atoms with van der Waals surface area (Å²) in [6.07, 6.45) is 6.43. The van der Waals surface area contributed by atoms with Crippen LogP contribution >= 0.6 is 11.3 Å². The Morgan fingerprint density at radius 3 is 3.20 bits per heavy atom. The third-order valence-corrected chi connectivity index (χ3v) is 5.20. The third kappa shape index (κ3) is 2.01. The summed E-state index contributed by atoms with van der Waals surface area (Å²) in [6.45, 7) is 1.89. The second-order valence-corrected chi connectivity index (χ2v) is 6.65. The van der Waals surface area contributed by atoms with Crippen LogP contribution in [0.1, 0.15) is 23.3 Å². The lowest BCUT2D eigenvalue weighted by Gasteiger charge is -2.31. The van der Waals surface area contributed by atoms with Gasteiger partial charge in [0, 0.05) is 35.8 Å². The van der Waals surface area contributed by atoms with Gasteiger partial charge in [0.1, 0.15) is 0 Å². The number of aromatic nitrogens is 2. The Kier molecular flexibility index (Phi) is 2.97. The van der Waals surface area contributed by atoms with E-state index in [0.717, 1.165) is 50.4 Å². The number of piperidine rings is 1. The van der Waals surface area contributed by atoms with Crippen LogP contribution in [0.25, 0.3) is 11.3 Å². The first-order chi connectivity index (χ1) is 9.81. The second-order valence-electron chi connectivity index (χ2n) is 5.65. The minimum absolute atomic E-state index is 0.250. The monoisotopic (exact) mass is 286 g/mol. The predicted molar refractivity (Wildman–Crippen MR) is 82.2 cm³/mol. The van der Waals surface area contributed by atoms with Crippen molar-refractivity contribution in [3.05, 3.63) is 28.1 Å². The van der Waals surface area contributed by atoms with Gasteiger partial charge in [-0.25, -0.2) is 9.97 Å². The van der Waals surface area contributed by atoms with E-state index in [1.165, 1.54) is 16.0 Å². The van der Waals surface area contributed by atoms with Gasteiger partial charge in [0.25, 0.3) is 0 Å². The van der Waals surface area contributed by atoms with Gasteiger partial charge in [0.15, 0.2) is 0 Å². The van der Waals surface area contributed by atoms with E-state index in [-0.39, 0.29) is 6.04 Å². The quantitative estimate of drug-likeness (QED) is 0.873. The van der Waals surface area contributed by atoms with Gasteiger partial charge < -0.3 is 10.6 Å². The zero-order valence-electron chi connectivity index (χ0n) is 11.4. The van der Waals surface area contributed by atoms with Crippen LogP contribution in [0.3, 0.4) is 0 Å². The summed E-state index contributed by atoms with van der Waals surface area (Å²) in [4.78, 5) is 13.1. The average molecular weight is 286 g/mol. The summed E-state index contributed by atoms with van der Waals surface area (Å²) in [5.41, 5.74) is 9.79. The number of rotatable bonds is 1. The summed E-state index contributed by atoms with van der Waals surface area (Å²) < 4.78 is 0. The SMILES string of the molecule is NC1CCCN(c2ncc3c(n2)-c2ccsc2CC3)C1. The van der Waals surface area contributed by atoms with Crippen molar-refractivity contribution in [2.24, 2.45) is 5.73 Å². The van der Waals surface area contributed by atoms with Crippen LogP contribution in [0.5, 0.6) is 0 Å². The molecular weight excluding hydrogens is 268 g/mol. The highest BCUT2D eigenvalue weighted by Gasteiger charge is 2.23. The van der Waals surface area contributed by atoms with Crippen molar-refractivity contribution in [2.45, 2.75) is 31.7 Å². The Hall–Kier alpha value is -1.46. The smallest absolute Gasteiger partial charge is 0.225 e. The largest absolute Gasteiger partial charge is 0.339 e. The molecule has 4 nitrogen and oxygen atoms in total. The number of hydrogen-bond donors (Lipinski definition) is 1. The first-order valence-electron chi connectivity index (χ1n) is 7.24. The van der Waals surface area contributed by atoms with Crippen LogP contribution in [0, 0.1) is 0 Å². The van der Waals surface area contributed by atoms with Crippen LogP contribution < -0.4 is 10.6 Å². The Morgan fingerprint density at radius 1 is 1.35 bits per heavy atom. The molecule has 3 heterocycles. The highest BCUT2D eigenvalue weighted by molar-refractivity contribution is 7.10. The van der Waals surface area contributed by atoms with Crippen LogP contribution in [0.15, 0.2) is 17.6 Å². The van der Waals surface area contributed by atoms with E-state index >= 15 is 0 Å². The van der Waals surface area contributed by atoms with Crippen molar-refractivity contribution >= 4 is 17.3 Å². The van der Waals surface area contributed by atoms with Crippen molar-refractivity contribution in [2.75, 3.05) is 18.0 Å². The standard InChI is InChI=1S/C15H18N4S/c16-11-2-1-6-19(9-11)15-17-8-10-3-4-13-12(5-7-20-13)14(10)18-15/h5,7-8,11H,1-4,6,9,16H2. The number of fused-ring (bicyclic) bond motifs is 3. The second kappa shape index (κ2) is 4.82. The third-order valence-electron chi connectivity index (χ3n) is 4.21. The fourth-order valence-electron chi connectivity index (χ4n) is 3.15. The summed E-state index contributed by atoms with van der Waals surface area (Å²) in [5, 5.41) is 2.17. The summed E-state index contributed by atoms with van der Waals surface area (Å²) in [7, 11) is 0. The minimum atomic E-state index is 0.250. The minimum Gasteiger partial charge on any atom is -0.339 e. The van der Waals surface area contributed by atoms with E-state index in [1.54, 1.807) is 0 Å². The van der Waals surface area contributed by atoms with Gasteiger partial charge in [-0.2, -0.15) is 0 Å². The van der Waals surface area contributed by atoms with E-state index in [1.807, 2.05) is 17.5 Å². The molecule has 0 spiro atoms. The zero-order valence-corrected chi connectivity index (χ0v) is 12.2. The molecule has 2 aliphatic rings. The summed E-state index contributed by atoms with van der Waals surface area (Å²) >= 11 is 1.84. The lowest BCUT2D eigenvalue weighted by atomic mass is 9.96. The highest BCUT2D eigenvalue weighted by atomic mass is 32.1. The molecule has 1 unspecified atom stereocenters. The maximum atomic E-state index is 6.06. The number of anilines is 1. The molecule has 20 heavy (non-hydrogen) atoms. The van der Waals surface area contributed by atoms with E-state index in [9.17, 15) is 0 Å². The molecule has 104 valence electrons. The Balaban J connectivity index is 1.72. The van der Waals surface area contributed by atoms with Gasteiger partial charge >= 0.3 is 0 Å². The first kappa shape index (κ1) is 12.3. The van der Waals surface area contributed by atoms with Crippen molar-refractivity contribution in [3.63, 3.8) is 0 Å². The Labute approximate surface area is 122 Å². The molecule has 1 saturated heterocycles. The van der Waals surface area contributed by atoms with Crippen LogP contribution in [-0.4, -0.2) is 29.1 Å². The molecule has 1 aliphatic heterocycles. The Morgan fingerprint density at radius 2 is 2.30 bits per heavy atom. The number of aryl methyl sites for hydroxylation is 2. The molecule has 2 aromatic rings. The van der Waals surface area contributed by atoms with Gasteiger partial charge in [0.05, 0.1) is 5.69 Å². The van der Waals surface area contributed by atoms with Crippen LogP contribution in [-0.2, 0) is 12.8 Å². The molecule has 5 heteroatoms. The van der Waals surface area contributed by atoms with E-state index in [4.69, 9.17) is 10.7 Å². The molecule has 0 aromatic carbocycles. The fraction of sp³-hybridized carbons (Fsp3) is 0.467.